The summed E-state index contributed by atoms with van der Waals surface area (Å²) in [6, 6.07) is 8.46. The minimum atomic E-state index is -5.54. The second kappa shape index (κ2) is 20.5. The molecule has 0 saturated carbocycles. The van der Waals surface area contributed by atoms with E-state index in [0.29, 0.717) is 11.1 Å². The fourth-order valence-electron chi connectivity index (χ4n) is 6.44. The Morgan fingerprint density at radius 2 is 1.23 bits per heavy atom. The number of nitrogens with two attached hydrogens (primary N) is 1. The van der Waals surface area contributed by atoms with E-state index in [1.807, 2.05) is 0 Å². The maximum Gasteiger partial charge on any atom is 0.297 e. The summed E-state index contributed by atoms with van der Waals surface area (Å²) in [5.41, 5.74) is 2.09. The Morgan fingerprint density at radius 3 is 1.72 bits per heavy atom. The Kier molecular flexibility index (Phi) is 15.3. The molecule has 0 aliphatic carbocycles. The lowest BCUT2D eigenvalue weighted by Gasteiger charge is -2.14. The predicted molar refractivity (Wildman–Crippen MR) is 241 cm³/mol. The van der Waals surface area contributed by atoms with Crippen molar-refractivity contribution in [3.63, 3.8) is 0 Å². The molecule has 0 radical (unpaired) electrons. The average Bonchev–Trinajstić information content (AvgIpc) is 3.62. The van der Waals surface area contributed by atoms with Gasteiger partial charge in [0.2, 0.25) is 6.04 Å². The highest BCUT2D eigenvalue weighted by molar-refractivity contribution is 7.87. The number of hydrazone groups is 1. The topological polar surface area (TPSA) is 456 Å². The van der Waals surface area contributed by atoms with Crippen molar-refractivity contribution in [1.82, 2.24) is 0 Å². The summed E-state index contributed by atoms with van der Waals surface area (Å²) in [6.07, 6.45) is 0. The molecule has 1 aliphatic rings. The lowest BCUT2D eigenvalue weighted by Crippen LogP contribution is -2.35. The number of carbonyl (C=O) groups is 2. The molecular formula is C38H35N9O20S4. The second-order valence-electron chi connectivity index (χ2n) is 14.2. The third-order valence-electron chi connectivity index (χ3n) is 9.54. The number of rotatable bonds is 19. The monoisotopic (exact) mass is 1070 g/mol. The highest BCUT2D eigenvalue weighted by atomic mass is 32.2. The SMILES string of the molecule is COc1cc(S(=O)(=O)O)c(C)cc1N=Nc1cc(OCCO)c(N=Nc2c(S(=O)(=O)O)cc3c(S(=O)(=O)O)c(N=NC4C(=O)N(c5ccc(S(=O)(=O)O)cc5)N=C4C(N)=O)ccc3c2O)cc1OCCO. The van der Waals surface area contributed by atoms with Crippen LogP contribution in [0.15, 0.2) is 122 Å². The molecule has 71 heavy (non-hydrogen) atoms. The van der Waals surface area contributed by atoms with Gasteiger partial charge in [0.05, 0.1) is 30.9 Å². The number of aliphatic hydroxyl groups excluding tert-OH is 2. The van der Waals surface area contributed by atoms with Gasteiger partial charge >= 0.3 is 0 Å². The van der Waals surface area contributed by atoms with Gasteiger partial charge in [0.15, 0.2) is 11.5 Å². The zero-order chi connectivity index (χ0) is 52.4. The van der Waals surface area contributed by atoms with Gasteiger partial charge < -0.3 is 35.3 Å². The molecule has 376 valence electrons. The molecule has 29 nitrogen and oxygen atoms in total. The van der Waals surface area contributed by atoms with Gasteiger partial charge in [0.1, 0.15) is 73.6 Å². The van der Waals surface area contributed by atoms with Gasteiger partial charge in [0, 0.05) is 29.0 Å². The lowest BCUT2D eigenvalue weighted by molar-refractivity contribution is -0.118. The van der Waals surface area contributed by atoms with Gasteiger partial charge in [-0.3, -0.25) is 27.8 Å². The Morgan fingerprint density at radius 1 is 0.676 bits per heavy atom. The zero-order valence-electron chi connectivity index (χ0n) is 36.0. The number of fused-ring (bicyclic) bond motifs is 1. The van der Waals surface area contributed by atoms with Gasteiger partial charge in [-0.05, 0) is 61.0 Å². The van der Waals surface area contributed by atoms with Crippen LogP contribution in [0.5, 0.6) is 23.0 Å². The molecule has 33 heteroatoms. The first-order valence-corrected chi connectivity index (χ1v) is 25.1. The maximum absolute atomic E-state index is 13.4. The van der Waals surface area contributed by atoms with E-state index in [1.54, 1.807) is 0 Å². The van der Waals surface area contributed by atoms with Crippen molar-refractivity contribution in [2.45, 2.75) is 32.5 Å². The quantitative estimate of drug-likeness (QED) is 0.0431. The van der Waals surface area contributed by atoms with E-state index in [9.17, 15) is 76.8 Å². The molecule has 0 bridgehead atoms. The van der Waals surface area contributed by atoms with Crippen LogP contribution in [0, 0.1) is 6.92 Å². The molecule has 5 aromatic carbocycles. The van der Waals surface area contributed by atoms with Crippen molar-refractivity contribution >= 4 is 103 Å². The number of aryl methyl sites for hydroxylation is 1. The number of methoxy groups -OCH3 is 1. The first-order chi connectivity index (χ1) is 33.2. The number of aromatic hydroxyl groups is 1. The molecule has 1 aliphatic heterocycles. The van der Waals surface area contributed by atoms with Crippen LogP contribution in [0.3, 0.4) is 0 Å². The molecule has 2 amide bonds. The fourth-order valence-corrected chi connectivity index (χ4v) is 9.11. The Hall–Kier alpha value is -7.47. The maximum atomic E-state index is 13.4. The summed E-state index contributed by atoms with van der Waals surface area (Å²) < 4.78 is 154. The first kappa shape index (κ1) is 52.9. The minimum absolute atomic E-state index is 0.0438. The van der Waals surface area contributed by atoms with E-state index in [4.69, 9.17) is 19.9 Å². The van der Waals surface area contributed by atoms with E-state index < -0.39 is 131 Å². The summed E-state index contributed by atoms with van der Waals surface area (Å²) in [7, 11) is -19.2. The van der Waals surface area contributed by atoms with E-state index in [2.05, 4.69) is 35.8 Å². The summed E-state index contributed by atoms with van der Waals surface area (Å²) in [5.74, 6) is -4.28. The van der Waals surface area contributed by atoms with E-state index in [1.165, 1.54) is 20.1 Å². The number of benzene rings is 5. The number of hydrogen-bond donors (Lipinski definition) is 8. The summed E-state index contributed by atoms with van der Waals surface area (Å²) >= 11 is 0. The van der Waals surface area contributed by atoms with Gasteiger partial charge in [-0.1, -0.05) is 0 Å². The molecule has 6 rings (SSSR count). The number of aliphatic hydroxyl groups is 2. The molecule has 0 aromatic heterocycles. The molecule has 1 heterocycles. The molecule has 1 atom stereocenters. The van der Waals surface area contributed by atoms with Gasteiger partial charge in [-0.25, -0.2) is 0 Å². The highest BCUT2D eigenvalue weighted by Gasteiger charge is 2.40. The number of azo groups is 3. The largest absolute Gasteiger partial charge is 0.505 e. The molecule has 1 unspecified atom stereocenters. The van der Waals surface area contributed by atoms with Crippen molar-refractivity contribution in [3.8, 4) is 23.0 Å². The third kappa shape index (κ3) is 11.6. The standard InChI is InChI=1S/C38H35N9O20S4/c1-18-13-24(27(65-2)17-30(18)69(56,57)58)41-42-25-15-29(67-12-10-49)26(16-28(25)66-11-9-48)43-44-32-31(70(59,60)61)14-22-21(35(32)50)7-8-23(36(22)71(62,63)64)40-45-34-33(37(39)51)46-47(38(34)52)19-3-5-20(6-4-19)68(53,54)55/h3-8,13-17,34,48-50H,9-12H2,1-2H3,(H2,39,51)(H,53,54,55)(H,56,57,58)(H,59,60,61)(H,62,63,64). The van der Waals surface area contributed by atoms with Crippen LogP contribution >= 0.6 is 0 Å². The number of phenols is 1. The smallest absolute Gasteiger partial charge is 0.297 e. The van der Waals surface area contributed by atoms with Gasteiger partial charge in [0.25, 0.3) is 52.3 Å². The summed E-state index contributed by atoms with van der Waals surface area (Å²) in [5, 5.41) is 56.9. The fraction of sp³-hybridized carbons (Fsp3) is 0.184. The highest BCUT2D eigenvalue weighted by Crippen LogP contribution is 2.47. The number of phenolic OH excluding ortho intramolecular Hbond substituents is 1. The van der Waals surface area contributed by atoms with Crippen LogP contribution in [-0.2, 0) is 50.1 Å². The molecule has 0 fully saturated rings. The Bertz CT molecular complexity index is 3590. The average molecular weight is 1070 g/mol. The number of nitrogens with zero attached hydrogens (tertiary/aromatic N) is 8. The first-order valence-electron chi connectivity index (χ1n) is 19.3. The minimum Gasteiger partial charge on any atom is -0.505 e. The van der Waals surface area contributed by atoms with Crippen LogP contribution in [-0.4, -0.2) is 124 Å². The number of amides is 2. The number of carbonyl (C=O) groups excluding carboxylic acids is 2. The molecule has 0 saturated heterocycles. The normalized spacial score (nSPS) is 14.8. The van der Waals surface area contributed by atoms with Crippen molar-refractivity contribution in [2.75, 3.05) is 38.5 Å². The van der Waals surface area contributed by atoms with Crippen LogP contribution < -0.4 is 25.0 Å². The number of hydrogen-bond acceptors (Lipinski definition) is 23. The molecule has 5 aromatic rings. The predicted octanol–water partition coefficient (Wildman–Crippen LogP) is 3.76. The molecule has 9 N–H and O–H groups in total. The summed E-state index contributed by atoms with van der Waals surface area (Å²) in [6.45, 7) is -0.545. The third-order valence-corrected chi connectivity index (χ3v) is 13.2. The van der Waals surface area contributed by atoms with Crippen molar-refractivity contribution < 1.29 is 91.0 Å². The molecular weight excluding hydrogens is 1030 g/mol. The van der Waals surface area contributed by atoms with Crippen molar-refractivity contribution in [2.24, 2.45) is 41.5 Å². The van der Waals surface area contributed by atoms with Crippen molar-refractivity contribution in [1.29, 1.82) is 0 Å². The van der Waals surface area contributed by atoms with Crippen LogP contribution in [0.2, 0.25) is 0 Å². The lowest BCUT2D eigenvalue weighted by atomic mass is 10.1. The van der Waals surface area contributed by atoms with Gasteiger partial charge in [-0.2, -0.15) is 54.0 Å². The Labute approximate surface area is 400 Å². The van der Waals surface area contributed by atoms with E-state index in [0.717, 1.165) is 54.6 Å². The van der Waals surface area contributed by atoms with Crippen LogP contribution in [0.1, 0.15) is 5.56 Å². The van der Waals surface area contributed by atoms with E-state index in [-0.39, 0.29) is 52.2 Å². The van der Waals surface area contributed by atoms with Crippen molar-refractivity contribution in [3.05, 3.63) is 72.3 Å². The van der Waals surface area contributed by atoms with Gasteiger partial charge in [-0.15, -0.1) is 20.5 Å². The van der Waals surface area contributed by atoms with Crippen LogP contribution in [0.25, 0.3) is 10.8 Å². The summed E-state index contributed by atoms with van der Waals surface area (Å²) in [4.78, 5) is 22.1. The zero-order valence-corrected chi connectivity index (χ0v) is 39.2. The van der Waals surface area contributed by atoms with Crippen LogP contribution in [0.4, 0.5) is 34.1 Å². The Balaban J connectivity index is 1.45. The second-order valence-corrected chi connectivity index (χ2v) is 19.8. The van der Waals surface area contributed by atoms with E-state index >= 15 is 0 Å². The number of anilines is 1. The number of ether oxygens (including phenoxy) is 3. The molecule has 0 spiro atoms. The number of primary amides is 1.